The number of nitrogens with one attached hydrogen (secondary N) is 2. The predicted octanol–water partition coefficient (Wildman–Crippen LogP) is 3.20. The Labute approximate surface area is 176 Å². The maximum atomic E-state index is 5.71. The normalized spacial score (nSPS) is 19.0. The minimum atomic E-state index is 0.270. The standard InChI is InChI=1S/C23H38N4O2/c1-24-23(25-13-8-16-29-18-19-11-12-19)26-17-21(27-14-6-3-7-15-27)20-9-4-5-10-22(20)28-2/h4-5,9-10,19,21H,3,6-8,11-18H2,1-2H3,(H2,24,25,26). The molecule has 0 bridgehead atoms. The second-order valence-electron chi connectivity index (χ2n) is 8.11. The van der Waals surface area contributed by atoms with Gasteiger partial charge >= 0.3 is 0 Å². The summed E-state index contributed by atoms with van der Waals surface area (Å²) in [5.41, 5.74) is 1.24. The quantitative estimate of drug-likeness (QED) is 0.338. The van der Waals surface area contributed by atoms with Gasteiger partial charge in [-0.15, -0.1) is 0 Å². The van der Waals surface area contributed by atoms with Gasteiger partial charge in [-0.2, -0.15) is 0 Å². The highest BCUT2D eigenvalue weighted by Gasteiger charge is 2.25. The average Bonchev–Trinajstić information content (AvgIpc) is 3.60. The van der Waals surface area contributed by atoms with Gasteiger partial charge in [-0.25, -0.2) is 0 Å². The zero-order chi connectivity index (χ0) is 20.3. The lowest BCUT2D eigenvalue weighted by atomic mass is 10.0. The topological polar surface area (TPSA) is 58.1 Å². The Balaban J connectivity index is 1.50. The van der Waals surface area contributed by atoms with Crippen molar-refractivity contribution >= 4 is 5.96 Å². The second kappa shape index (κ2) is 12.0. The molecule has 0 spiro atoms. The molecule has 6 heteroatoms. The minimum Gasteiger partial charge on any atom is -0.496 e. The summed E-state index contributed by atoms with van der Waals surface area (Å²) >= 11 is 0. The van der Waals surface area contributed by atoms with Gasteiger partial charge in [-0.3, -0.25) is 9.89 Å². The van der Waals surface area contributed by atoms with Crippen LogP contribution in [0.4, 0.5) is 0 Å². The van der Waals surface area contributed by atoms with Gasteiger partial charge in [0.05, 0.1) is 13.2 Å². The minimum absolute atomic E-state index is 0.270. The first-order chi connectivity index (χ1) is 14.3. The fourth-order valence-corrected chi connectivity index (χ4v) is 3.94. The van der Waals surface area contributed by atoms with Gasteiger partial charge in [0.2, 0.25) is 0 Å². The lowest BCUT2D eigenvalue weighted by Crippen LogP contribution is -2.44. The number of nitrogens with zero attached hydrogens (tertiary/aromatic N) is 2. The van der Waals surface area contributed by atoms with Crippen molar-refractivity contribution in [3.05, 3.63) is 29.8 Å². The number of methoxy groups -OCH3 is 1. The molecular weight excluding hydrogens is 364 g/mol. The first kappa shape index (κ1) is 21.9. The lowest BCUT2D eigenvalue weighted by molar-refractivity contribution is 0.123. The van der Waals surface area contributed by atoms with E-state index in [1.807, 2.05) is 13.1 Å². The number of rotatable bonds is 11. The van der Waals surface area contributed by atoms with Gasteiger partial charge in [0, 0.05) is 38.9 Å². The van der Waals surface area contributed by atoms with Gasteiger partial charge in [-0.1, -0.05) is 24.6 Å². The van der Waals surface area contributed by atoms with Gasteiger partial charge in [-0.05, 0) is 57.2 Å². The third-order valence-electron chi connectivity index (χ3n) is 5.82. The molecule has 0 radical (unpaired) electrons. The van der Waals surface area contributed by atoms with E-state index in [1.165, 1.54) is 37.7 Å². The van der Waals surface area contributed by atoms with Crippen LogP contribution in [0.1, 0.15) is 50.1 Å². The molecule has 1 atom stereocenters. The van der Waals surface area contributed by atoms with Crippen LogP contribution >= 0.6 is 0 Å². The van der Waals surface area contributed by atoms with E-state index in [0.29, 0.717) is 0 Å². The lowest BCUT2D eigenvalue weighted by Gasteiger charge is -2.35. The Morgan fingerprint density at radius 3 is 2.69 bits per heavy atom. The van der Waals surface area contributed by atoms with E-state index in [0.717, 1.165) is 63.4 Å². The zero-order valence-electron chi connectivity index (χ0n) is 18.2. The summed E-state index contributed by atoms with van der Waals surface area (Å²) in [6.07, 6.45) is 7.54. The molecular formula is C23H38N4O2. The maximum absolute atomic E-state index is 5.71. The monoisotopic (exact) mass is 402 g/mol. The highest BCUT2D eigenvalue weighted by Crippen LogP contribution is 2.31. The first-order valence-corrected chi connectivity index (χ1v) is 11.2. The summed E-state index contributed by atoms with van der Waals surface area (Å²) < 4.78 is 11.4. The molecule has 1 aliphatic carbocycles. The van der Waals surface area contributed by atoms with Crippen LogP contribution in [0.5, 0.6) is 5.75 Å². The number of guanidine groups is 1. The Morgan fingerprint density at radius 1 is 1.17 bits per heavy atom. The number of hydrogen-bond acceptors (Lipinski definition) is 4. The molecule has 2 fully saturated rings. The van der Waals surface area contributed by atoms with E-state index in [4.69, 9.17) is 9.47 Å². The Kier molecular flexibility index (Phi) is 9.09. The summed E-state index contributed by atoms with van der Waals surface area (Å²) in [6.45, 7) is 5.69. The van der Waals surface area contributed by atoms with Gasteiger partial charge in [0.25, 0.3) is 0 Å². The van der Waals surface area contributed by atoms with Crippen molar-refractivity contribution in [3.8, 4) is 5.75 Å². The van der Waals surface area contributed by atoms with Crippen molar-refractivity contribution < 1.29 is 9.47 Å². The number of benzene rings is 1. The molecule has 1 aromatic carbocycles. The van der Waals surface area contributed by atoms with Crippen molar-refractivity contribution in [2.24, 2.45) is 10.9 Å². The summed E-state index contributed by atoms with van der Waals surface area (Å²) in [5.74, 6) is 2.64. The molecule has 1 saturated carbocycles. The Morgan fingerprint density at radius 2 is 1.97 bits per heavy atom. The molecule has 1 heterocycles. The van der Waals surface area contributed by atoms with Crippen molar-refractivity contribution in [2.45, 2.75) is 44.6 Å². The van der Waals surface area contributed by atoms with E-state index in [-0.39, 0.29) is 6.04 Å². The van der Waals surface area contributed by atoms with Crippen molar-refractivity contribution in [3.63, 3.8) is 0 Å². The molecule has 3 rings (SSSR count). The number of piperidine rings is 1. The van der Waals surface area contributed by atoms with E-state index in [2.05, 4.69) is 38.7 Å². The third kappa shape index (κ3) is 7.19. The smallest absolute Gasteiger partial charge is 0.191 e. The molecule has 1 unspecified atom stereocenters. The van der Waals surface area contributed by atoms with Gasteiger partial charge < -0.3 is 20.1 Å². The summed E-state index contributed by atoms with van der Waals surface area (Å²) in [7, 11) is 3.59. The molecule has 1 saturated heterocycles. The fraction of sp³-hybridized carbons (Fsp3) is 0.696. The second-order valence-corrected chi connectivity index (χ2v) is 8.11. The van der Waals surface area contributed by atoms with Crippen LogP contribution in [-0.2, 0) is 4.74 Å². The van der Waals surface area contributed by atoms with Crippen LogP contribution in [0.3, 0.4) is 0 Å². The molecule has 162 valence electrons. The van der Waals surface area contributed by atoms with E-state index in [1.54, 1.807) is 7.11 Å². The van der Waals surface area contributed by atoms with E-state index < -0.39 is 0 Å². The molecule has 2 aliphatic rings. The Bertz CT molecular complexity index is 627. The zero-order valence-corrected chi connectivity index (χ0v) is 18.2. The van der Waals surface area contributed by atoms with E-state index in [9.17, 15) is 0 Å². The van der Waals surface area contributed by atoms with Gasteiger partial charge in [0.15, 0.2) is 5.96 Å². The van der Waals surface area contributed by atoms with Crippen LogP contribution in [-0.4, -0.2) is 64.4 Å². The highest BCUT2D eigenvalue weighted by molar-refractivity contribution is 5.79. The molecule has 0 aromatic heterocycles. The summed E-state index contributed by atoms with van der Waals surface area (Å²) in [5, 5.41) is 6.96. The van der Waals surface area contributed by atoms with E-state index >= 15 is 0 Å². The van der Waals surface area contributed by atoms with Crippen molar-refractivity contribution in [1.29, 1.82) is 0 Å². The number of ether oxygens (including phenoxy) is 2. The summed E-state index contributed by atoms with van der Waals surface area (Å²) in [6, 6.07) is 8.65. The molecule has 29 heavy (non-hydrogen) atoms. The molecule has 1 aromatic rings. The number of likely N-dealkylation sites (tertiary alicyclic amines) is 1. The van der Waals surface area contributed by atoms with Crippen LogP contribution in [0.2, 0.25) is 0 Å². The maximum Gasteiger partial charge on any atom is 0.191 e. The molecule has 1 aliphatic heterocycles. The number of aliphatic imine (C=N–C) groups is 1. The largest absolute Gasteiger partial charge is 0.496 e. The van der Waals surface area contributed by atoms with Crippen LogP contribution in [0, 0.1) is 5.92 Å². The summed E-state index contributed by atoms with van der Waals surface area (Å²) in [4.78, 5) is 6.98. The molecule has 0 amide bonds. The average molecular weight is 403 g/mol. The molecule has 2 N–H and O–H groups in total. The van der Waals surface area contributed by atoms with Crippen LogP contribution in [0.15, 0.2) is 29.3 Å². The molecule has 6 nitrogen and oxygen atoms in total. The van der Waals surface area contributed by atoms with Crippen molar-refractivity contribution in [2.75, 3.05) is 53.6 Å². The van der Waals surface area contributed by atoms with Crippen molar-refractivity contribution in [1.82, 2.24) is 15.5 Å². The Hall–Kier alpha value is -1.79. The predicted molar refractivity (Wildman–Crippen MR) is 119 cm³/mol. The van der Waals surface area contributed by atoms with Crippen LogP contribution < -0.4 is 15.4 Å². The number of hydrogen-bond donors (Lipinski definition) is 2. The third-order valence-corrected chi connectivity index (χ3v) is 5.82. The van der Waals surface area contributed by atoms with Crippen LogP contribution in [0.25, 0.3) is 0 Å². The van der Waals surface area contributed by atoms with Gasteiger partial charge in [0.1, 0.15) is 5.75 Å². The highest BCUT2D eigenvalue weighted by atomic mass is 16.5. The SMILES string of the molecule is CN=C(NCCCOCC1CC1)NCC(c1ccccc1OC)N1CCCCC1. The number of para-hydroxylation sites is 1. The fourth-order valence-electron chi connectivity index (χ4n) is 3.94. The first-order valence-electron chi connectivity index (χ1n) is 11.2.